The van der Waals surface area contributed by atoms with Crippen molar-refractivity contribution < 1.29 is 9.53 Å². The summed E-state index contributed by atoms with van der Waals surface area (Å²) in [6, 6.07) is 3.11. The van der Waals surface area contributed by atoms with Crippen LogP contribution in [0, 0.1) is 0 Å². The van der Waals surface area contributed by atoms with E-state index in [0.717, 1.165) is 32.4 Å². The van der Waals surface area contributed by atoms with Crippen LogP contribution >= 0.6 is 11.6 Å². The molecule has 1 aromatic heterocycles. The van der Waals surface area contributed by atoms with Gasteiger partial charge < -0.3 is 15.4 Å². The SMILES string of the molecule is CCCOC1CCCN(C(=O)c2cc(N)nc(Cl)c2)C1. The van der Waals surface area contributed by atoms with Gasteiger partial charge in [-0.3, -0.25) is 4.79 Å². The van der Waals surface area contributed by atoms with E-state index in [1.54, 1.807) is 17.0 Å². The number of aromatic nitrogens is 1. The van der Waals surface area contributed by atoms with Crippen LogP contribution in [0.5, 0.6) is 0 Å². The normalized spacial score (nSPS) is 19.1. The molecule has 1 unspecified atom stereocenters. The van der Waals surface area contributed by atoms with Gasteiger partial charge in [0.2, 0.25) is 0 Å². The Labute approximate surface area is 124 Å². The molecule has 2 rings (SSSR count). The van der Waals surface area contributed by atoms with Crippen molar-refractivity contribution in [3.05, 3.63) is 22.8 Å². The fourth-order valence-corrected chi connectivity index (χ4v) is 2.58. The minimum Gasteiger partial charge on any atom is -0.384 e. The summed E-state index contributed by atoms with van der Waals surface area (Å²) in [7, 11) is 0. The van der Waals surface area contributed by atoms with E-state index in [1.807, 2.05) is 0 Å². The molecule has 2 N–H and O–H groups in total. The quantitative estimate of drug-likeness (QED) is 0.866. The van der Waals surface area contributed by atoms with Crippen LogP contribution in [-0.4, -0.2) is 41.6 Å². The van der Waals surface area contributed by atoms with Crippen LogP contribution < -0.4 is 5.73 Å². The molecular weight excluding hydrogens is 278 g/mol. The summed E-state index contributed by atoms with van der Waals surface area (Å²) in [4.78, 5) is 18.1. The maximum absolute atomic E-state index is 12.5. The molecule has 20 heavy (non-hydrogen) atoms. The number of hydrogen-bond donors (Lipinski definition) is 1. The van der Waals surface area contributed by atoms with Crippen LogP contribution in [-0.2, 0) is 4.74 Å². The summed E-state index contributed by atoms with van der Waals surface area (Å²) in [6.07, 6.45) is 3.07. The molecule has 1 amide bonds. The second kappa shape index (κ2) is 6.90. The predicted molar refractivity (Wildman–Crippen MR) is 78.8 cm³/mol. The Balaban J connectivity index is 2.04. The number of amides is 1. The van der Waals surface area contributed by atoms with Gasteiger partial charge in [-0.2, -0.15) is 0 Å². The molecule has 1 saturated heterocycles. The van der Waals surface area contributed by atoms with Crippen molar-refractivity contribution in [1.29, 1.82) is 0 Å². The van der Waals surface area contributed by atoms with Crippen molar-refractivity contribution in [2.24, 2.45) is 0 Å². The Morgan fingerprint density at radius 3 is 3.10 bits per heavy atom. The molecule has 1 fully saturated rings. The van der Waals surface area contributed by atoms with Crippen molar-refractivity contribution in [2.75, 3.05) is 25.4 Å². The number of halogens is 1. The van der Waals surface area contributed by atoms with Gasteiger partial charge in [0.1, 0.15) is 11.0 Å². The zero-order valence-electron chi connectivity index (χ0n) is 11.6. The minimum absolute atomic E-state index is 0.0641. The fourth-order valence-electron chi connectivity index (χ4n) is 2.37. The molecule has 0 saturated carbocycles. The van der Waals surface area contributed by atoms with Gasteiger partial charge in [-0.25, -0.2) is 4.98 Å². The number of pyridine rings is 1. The lowest BCUT2D eigenvalue weighted by molar-refractivity contribution is 0.00211. The first kappa shape index (κ1) is 15.1. The van der Waals surface area contributed by atoms with Crippen LogP contribution in [0.4, 0.5) is 5.82 Å². The van der Waals surface area contributed by atoms with Crippen LogP contribution in [0.25, 0.3) is 0 Å². The van der Waals surface area contributed by atoms with Crippen LogP contribution in [0.3, 0.4) is 0 Å². The molecular formula is C14H20ClN3O2. The van der Waals surface area contributed by atoms with Gasteiger partial charge >= 0.3 is 0 Å². The first-order valence-corrected chi connectivity index (χ1v) is 7.32. The summed E-state index contributed by atoms with van der Waals surface area (Å²) >= 11 is 5.84. The number of carbonyl (C=O) groups excluding carboxylic acids is 1. The van der Waals surface area contributed by atoms with E-state index in [1.165, 1.54) is 0 Å². The maximum atomic E-state index is 12.5. The van der Waals surface area contributed by atoms with E-state index in [-0.39, 0.29) is 23.0 Å². The first-order valence-electron chi connectivity index (χ1n) is 6.94. The van der Waals surface area contributed by atoms with Crippen molar-refractivity contribution in [3.8, 4) is 0 Å². The van der Waals surface area contributed by atoms with Gasteiger partial charge in [0.15, 0.2) is 0 Å². The minimum atomic E-state index is -0.0641. The molecule has 0 aromatic carbocycles. The number of nitrogen functional groups attached to an aromatic ring is 1. The van der Waals surface area contributed by atoms with Gasteiger partial charge in [-0.15, -0.1) is 0 Å². The van der Waals surface area contributed by atoms with Gasteiger partial charge in [-0.05, 0) is 31.4 Å². The zero-order valence-corrected chi connectivity index (χ0v) is 12.4. The second-order valence-corrected chi connectivity index (χ2v) is 5.38. The Bertz CT molecular complexity index is 461. The molecule has 1 aliphatic heterocycles. The average Bonchev–Trinajstić information content (AvgIpc) is 2.43. The van der Waals surface area contributed by atoms with E-state index in [2.05, 4.69) is 11.9 Å². The highest BCUT2D eigenvalue weighted by molar-refractivity contribution is 6.29. The number of likely N-dealkylation sites (tertiary alicyclic amines) is 1. The topological polar surface area (TPSA) is 68.5 Å². The lowest BCUT2D eigenvalue weighted by Crippen LogP contribution is -2.43. The third-order valence-corrected chi connectivity index (χ3v) is 3.48. The molecule has 1 aromatic rings. The van der Waals surface area contributed by atoms with Crippen molar-refractivity contribution >= 4 is 23.3 Å². The molecule has 0 radical (unpaired) electrons. The summed E-state index contributed by atoms with van der Waals surface area (Å²) in [5.74, 6) is 0.197. The Morgan fingerprint density at radius 2 is 2.40 bits per heavy atom. The molecule has 6 heteroatoms. The summed E-state index contributed by atoms with van der Waals surface area (Å²) < 4.78 is 5.74. The first-order chi connectivity index (χ1) is 9.60. The molecule has 2 heterocycles. The van der Waals surface area contributed by atoms with Crippen molar-refractivity contribution in [1.82, 2.24) is 9.88 Å². The average molecular weight is 298 g/mol. The summed E-state index contributed by atoms with van der Waals surface area (Å²) in [6.45, 7) is 4.18. The van der Waals surface area contributed by atoms with Crippen LogP contribution in [0.2, 0.25) is 5.15 Å². The highest BCUT2D eigenvalue weighted by Gasteiger charge is 2.25. The smallest absolute Gasteiger partial charge is 0.254 e. The van der Waals surface area contributed by atoms with E-state index in [9.17, 15) is 4.79 Å². The number of carbonyl (C=O) groups is 1. The highest BCUT2D eigenvalue weighted by Crippen LogP contribution is 2.19. The van der Waals surface area contributed by atoms with Crippen LogP contribution in [0.15, 0.2) is 12.1 Å². The monoisotopic (exact) mass is 297 g/mol. The number of ether oxygens (including phenoxy) is 1. The number of rotatable bonds is 4. The fraction of sp³-hybridized carbons (Fsp3) is 0.571. The Morgan fingerprint density at radius 1 is 1.60 bits per heavy atom. The molecule has 0 bridgehead atoms. The molecule has 1 atom stereocenters. The number of piperidine rings is 1. The maximum Gasteiger partial charge on any atom is 0.254 e. The second-order valence-electron chi connectivity index (χ2n) is 4.99. The lowest BCUT2D eigenvalue weighted by atomic mass is 10.1. The third kappa shape index (κ3) is 3.84. The van der Waals surface area contributed by atoms with Gasteiger partial charge in [0.05, 0.1) is 6.10 Å². The summed E-state index contributed by atoms with van der Waals surface area (Å²) in [5, 5.41) is 0.240. The van der Waals surface area contributed by atoms with Gasteiger partial charge in [0.25, 0.3) is 5.91 Å². The number of anilines is 1. The van der Waals surface area contributed by atoms with Crippen molar-refractivity contribution in [2.45, 2.75) is 32.3 Å². The van der Waals surface area contributed by atoms with E-state index < -0.39 is 0 Å². The van der Waals surface area contributed by atoms with Gasteiger partial charge in [0, 0.05) is 25.3 Å². The number of nitrogens with zero attached hydrogens (tertiary/aromatic N) is 2. The van der Waals surface area contributed by atoms with Crippen molar-refractivity contribution in [3.63, 3.8) is 0 Å². The van der Waals surface area contributed by atoms with Gasteiger partial charge in [-0.1, -0.05) is 18.5 Å². The highest BCUT2D eigenvalue weighted by atomic mass is 35.5. The van der Waals surface area contributed by atoms with E-state index in [4.69, 9.17) is 22.1 Å². The largest absolute Gasteiger partial charge is 0.384 e. The predicted octanol–water partition coefficient (Wildman–Crippen LogP) is 2.35. The molecule has 110 valence electrons. The number of nitrogens with two attached hydrogens (primary N) is 1. The molecule has 0 spiro atoms. The third-order valence-electron chi connectivity index (χ3n) is 3.28. The Kier molecular flexibility index (Phi) is 5.20. The van der Waals surface area contributed by atoms with Crippen LogP contribution in [0.1, 0.15) is 36.5 Å². The lowest BCUT2D eigenvalue weighted by Gasteiger charge is -2.32. The Hall–Kier alpha value is -1.33. The van der Waals surface area contributed by atoms with E-state index >= 15 is 0 Å². The zero-order chi connectivity index (χ0) is 14.5. The summed E-state index contributed by atoms with van der Waals surface area (Å²) in [5.41, 5.74) is 6.11. The molecule has 0 aliphatic carbocycles. The molecule has 5 nitrogen and oxygen atoms in total. The van der Waals surface area contributed by atoms with E-state index in [0.29, 0.717) is 12.1 Å². The standard InChI is InChI=1S/C14H20ClN3O2/c1-2-6-20-11-4-3-5-18(9-11)14(19)10-7-12(15)17-13(16)8-10/h7-8,11H,2-6,9H2,1H3,(H2,16,17). The molecule has 1 aliphatic rings. The number of hydrogen-bond acceptors (Lipinski definition) is 4.